The zero-order valence-corrected chi connectivity index (χ0v) is 18.3. The van der Waals surface area contributed by atoms with Crippen molar-refractivity contribution >= 4 is 15.9 Å². The van der Waals surface area contributed by atoms with Gasteiger partial charge in [-0.05, 0) is 61.3 Å². The summed E-state index contributed by atoms with van der Waals surface area (Å²) >= 11 is 0. The highest BCUT2D eigenvalue weighted by atomic mass is 32.2. The van der Waals surface area contributed by atoms with E-state index in [0.29, 0.717) is 49.6 Å². The predicted molar refractivity (Wildman–Crippen MR) is 112 cm³/mol. The minimum Gasteiger partial charge on any atom is -0.348 e. The number of sulfonamides is 1. The Morgan fingerprint density at radius 2 is 1.83 bits per heavy atom. The first kappa shape index (κ1) is 20.8. The molecule has 1 amide bonds. The Kier molecular flexibility index (Phi) is 6.27. The zero-order chi connectivity index (χ0) is 20.4. The van der Waals surface area contributed by atoms with Crippen molar-refractivity contribution in [3.05, 3.63) is 29.3 Å². The number of carbonyl (C=O) groups is 1. The van der Waals surface area contributed by atoms with Crippen LogP contribution >= 0.6 is 0 Å². The van der Waals surface area contributed by atoms with E-state index < -0.39 is 10.0 Å². The van der Waals surface area contributed by atoms with E-state index in [1.54, 1.807) is 10.4 Å². The second-order valence-corrected chi connectivity index (χ2v) is 11.0. The van der Waals surface area contributed by atoms with Crippen LogP contribution in [0.5, 0.6) is 0 Å². The largest absolute Gasteiger partial charge is 0.348 e. The number of piperazine rings is 1. The molecule has 7 heteroatoms. The van der Waals surface area contributed by atoms with Crippen LogP contribution in [0.4, 0.5) is 0 Å². The molecule has 6 nitrogen and oxygen atoms in total. The van der Waals surface area contributed by atoms with Crippen molar-refractivity contribution < 1.29 is 18.1 Å². The number of benzene rings is 1. The van der Waals surface area contributed by atoms with Gasteiger partial charge in [-0.15, -0.1) is 0 Å². The van der Waals surface area contributed by atoms with Gasteiger partial charge in [-0.3, -0.25) is 4.79 Å². The molecule has 0 radical (unpaired) electrons. The van der Waals surface area contributed by atoms with Gasteiger partial charge in [-0.1, -0.05) is 25.8 Å². The van der Waals surface area contributed by atoms with Gasteiger partial charge < -0.3 is 10.2 Å². The lowest BCUT2D eigenvalue weighted by atomic mass is 9.86. The number of quaternary nitrogens is 1. The van der Waals surface area contributed by atoms with Crippen LogP contribution in [-0.2, 0) is 27.7 Å². The Bertz CT molecular complexity index is 847. The summed E-state index contributed by atoms with van der Waals surface area (Å²) in [5, 5.41) is 3.22. The molecule has 0 unspecified atom stereocenters. The zero-order valence-electron chi connectivity index (χ0n) is 17.5. The standard InChI is InChI=1S/C22H33N3O3S/c1-17-5-2-3-8-21(17)23-22(26)16-24-11-13-25(14-12-24)29(27,28)20-10-9-18-6-4-7-19(18)15-20/h9-10,15,17,21H,2-8,11-14,16H2,1H3,(H,23,26)/p+1/t17-,21-/m1/s1. The summed E-state index contributed by atoms with van der Waals surface area (Å²) in [5.74, 6) is 0.658. The molecule has 1 aromatic rings. The van der Waals surface area contributed by atoms with Gasteiger partial charge in [0.2, 0.25) is 10.0 Å². The van der Waals surface area contributed by atoms with Crippen molar-refractivity contribution in [1.29, 1.82) is 0 Å². The summed E-state index contributed by atoms with van der Waals surface area (Å²) in [4.78, 5) is 14.1. The van der Waals surface area contributed by atoms with Gasteiger partial charge in [0.15, 0.2) is 6.54 Å². The number of hydrogen-bond acceptors (Lipinski definition) is 3. The van der Waals surface area contributed by atoms with Crippen molar-refractivity contribution in [2.75, 3.05) is 32.7 Å². The molecule has 0 spiro atoms. The molecule has 2 atom stereocenters. The average Bonchev–Trinajstić information content (AvgIpc) is 3.18. The number of nitrogens with zero attached hydrogens (tertiary/aromatic N) is 1. The third-order valence-electron chi connectivity index (χ3n) is 7.01. The number of aryl methyl sites for hydroxylation is 2. The van der Waals surface area contributed by atoms with Crippen LogP contribution in [0.1, 0.15) is 50.2 Å². The summed E-state index contributed by atoms with van der Waals surface area (Å²) in [7, 11) is -3.45. The van der Waals surface area contributed by atoms with Crippen LogP contribution in [-0.4, -0.2) is 57.4 Å². The number of nitrogens with one attached hydrogen (secondary N) is 2. The van der Waals surface area contributed by atoms with Gasteiger partial charge in [0, 0.05) is 6.04 Å². The molecule has 3 aliphatic rings. The van der Waals surface area contributed by atoms with Crippen LogP contribution in [0.25, 0.3) is 0 Å². The molecule has 2 aliphatic carbocycles. The molecule has 0 aromatic heterocycles. The summed E-state index contributed by atoms with van der Waals surface area (Å²) in [6, 6.07) is 5.91. The number of hydrogen-bond donors (Lipinski definition) is 2. The van der Waals surface area contributed by atoms with Crippen molar-refractivity contribution in [2.24, 2.45) is 5.92 Å². The maximum Gasteiger partial charge on any atom is 0.275 e. The maximum atomic E-state index is 13.1. The monoisotopic (exact) mass is 420 g/mol. The summed E-state index contributed by atoms with van der Waals surface area (Å²) in [6.07, 6.45) is 7.88. The van der Waals surface area contributed by atoms with Crippen LogP contribution in [0, 0.1) is 5.92 Å². The van der Waals surface area contributed by atoms with Crippen molar-refractivity contribution in [3.63, 3.8) is 0 Å². The minimum atomic E-state index is -3.45. The fraction of sp³-hybridized carbons (Fsp3) is 0.682. The molecule has 2 fully saturated rings. The molecule has 1 heterocycles. The van der Waals surface area contributed by atoms with Crippen LogP contribution in [0.3, 0.4) is 0 Å². The third-order valence-corrected chi connectivity index (χ3v) is 8.90. The number of carbonyl (C=O) groups excluding carboxylic acids is 1. The topological polar surface area (TPSA) is 70.9 Å². The lowest BCUT2D eigenvalue weighted by molar-refractivity contribution is -0.895. The van der Waals surface area contributed by atoms with Gasteiger partial charge >= 0.3 is 0 Å². The van der Waals surface area contributed by atoms with E-state index in [1.807, 2.05) is 12.1 Å². The summed E-state index contributed by atoms with van der Waals surface area (Å²) in [6.45, 7) is 4.97. The fourth-order valence-electron chi connectivity index (χ4n) is 5.09. The van der Waals surface area contributed by atoms with Crippen LogP contribution < -0.4 is 10.2 Å². The number of fused-ring (bicyclic) bond motifs is 1. The quantitative estimate of drug-likeness (QED) is 0.739. The van der Waals surface area contributed by atoms with Crippen molar-refractivity contribution in [1.82, 2.24) is 9.62 Å². The smallest absolute Gasteiger partial charge is 0.275 e. The van der Waals surface area contributed by atoms with E-state index >= 15 is 0 Å². The normalized spacial score (nSPS) is 26.2. The SMILES string of the molecule is C[C@@H]1CCCC[C@H]1NC(=O)C[NH+]1CCN(S(=O)(=O)c2ccc3c(c2)CCC3)CC1. The molecule has 0 bridgehead atoms. The first-order chi connectivity index (χ1) is 13.9. The second-order valence-electron chi connectivity index (χ2n) is 9.05. The molecule has 29 heavy (non-hydrogen) atoms. The molecular weight excluding hydrogens is 386 g/mol. The Morgan fingerprint density at radius 1 is 1.10 bits per heavy atom. The third kappa shape index (κ3) is 4.67. The average molecular weight is 421 g/mol. The van der Waals surface area contributed by atoms with Gasteiger partial charge in [0.1, 0.15) is 0 Å². The van der Waals surface area contributed by atoms with E-state index in [9.17, 15) is 13.2 Å². The summed E-state index contributed by atoms with van der Waals surface area (Å²) in [5.41, 5.74) is 2.47. The summed E-state index contributed by atoms with van der Waals surface area (Å²) < 4.78 is 27.7. The lowest BCUT2D eigenvalue weighted by Crippen LogP contribution is -3.15. The number of amides is 1. The lowest BCUT2D eigenvalue weighted by Gasteiger charge is -2.33. The molecular formula is C22H34N3O3S+. The van der Waals surface area contributed by atoms with Crippen LogP contribution in [0.2, 0.25) is 0 Å². The predicted octanol–water partition coefficient (Wildman–Crippen LogP) is 0.759. The number of rotatable bonds is 5. The van der Waals surface area contributed by atoms with Crippen LogP contribution in [0.15, 0.2) is 23.1 Å². The molecule has 1 aromatic carbocycles. The van der Waals surface area contributed by atoms with E-state index in [2.05, 4.69) is 12.2 Å². The van der Waals surface area contributed by atoms with Gasteiger partial charge in [0.25, 0.3) is 5.91 Å². The molecule has 2 N–H and O–H groups in total. The van der Waals surface area contributed by atoms with Crippen molar-refractivity contribution in [2.45, 2.75) is 62.8 Å². The molecule has 1 saturated heterocycles. The first-order valence-electron chi connectivity index (χ1n) is 11.2. The fourth-order valence-corrected chi connectivity index (χ4v) is 6.59. The van der Waals surface area contributed by atoms with E-state index in [-0.39, 0.29) is 5.91 Å². The molecule has 1 aliphatic heterocycles. The second kappa shape index (κ2) is 8.74. The Labute approximate surface area is 174 Å². The first-order valence-corrected chi connectivity index (χ1v) is 12.6. The maximum absolute atomic E-state index is 13.1. The Balaban J connectivity index is 1.30. The van der Waals surface area contributed by atoms with Crippen molar-refractivity contribution in [3.8, 4) is 0 Å². The highest BCUT2D eigenvalue weighted by Gasteiger charge is 2.32. The van der Waals surface area contributed by atoms with E-state index in [0.717, 1.165) is 25.7 Å². The highest BCUT2D eigenvalue weighted by molar-refractivity contribution is 7.89. The highest BCUT2D eigenvalue weighted by Crippen LogP contribution is 2.26. The van der Waals surface area contributed by atoms with E-state index in [1.165, 1.54) is 35.3 Å². The Hall–Kier alpha value is -1.44. The molecule has 160 valence electrons. The molecule has 1 saturated carbocycles. The Morgan fingerprint density at radius 3 is 2.59 bits per heavy atom. The molecule has 4 rings (SSSR count). The minimum absolute atomic E-state index is 0.105. The van der Waals surface area contributed by atoms with Gasteiger partial charge in [-0.2, -0.15) is 4.31 Å². The van der Waals surface area contributed by atoms with Gasteiger partial charge in [0.05, 0.1) is 31.1 Å². The van der Waals surface area contributed by atoms with E-state index in [4.69, 9.17) is 0 Å². The van der Waals surface area contributed by atoms with Gasteiger partial charge in [-0.25, -0.2) is 8.42 Å².